The van der Waals surface area contributed by atoms with Gasteiger partial charge in [-0.2, -0.15) is 17.4 Å². The molecule has 0 spiro atoms. The minimum Gasteiger partial charge on any atom is -0.380 e. The number of carbonyl (C=O) groups excluding carboxylic acids is 1. The van der Waals surface area contributed by atoms with Crippen molar-refractivity contribution in [2.45, 2.75) is 62.6 Å². The topological polar surface area (TPSA) is 102 Å². The van der Waals surface area contributed by atoms with Gasteiger partial charge in [0.15, 0.2) is 0 Å². The van der Waals surface area contributed by atoms with Crippen LogP contribution in [0.1, 0.15) is 43.7 Å². The molecule has 2 heterocycles. The highest BCUT2D eigenvalue weighted by molar-refractivity contribution is 7.87. The van der Waals surface area contributed by atoms with Gasteiger partial charge in [0.1, 0.15) is 17.5 Å². The molecule has 2 aliphatic heterocycles. The first kappa shape index (κ1) is 27.1. The van der Waals surface area contributed by atoms with Crippen LogP contribution in [0.3, 0.4) is 0 Å². The number of hydrogen-bond donors (Lipinski definition) is 2. The number of aliphatic hydroxyl groups is 1. The number of alkyl halides is 2. The highest BCUT2D eigenvalue weighted by Crippen LogP contribution is 2.41. The molecule has 1 saturated heterocycles. The maximum absolute atomic E-state index is 15.7. The first-order valence-corrected chi connectivity index (χ1v) is 13.3. The van der Waals surface area contributed by atoms with E-state index in [0.29, 0.717) is 23.6 Å². The van der Waals surface area contributed by atoms with Crippen molar-refractivity contribution in [1.82, 2.24) is 13.9 Å². The van der Waals surface area contributed by atoms with Gasteiger partial charge in [0.25, 0.3) is 22.0 Å². The predicted octanol–water partition coefficient (Wildman–Crippen LogP) is 2.67. The fourth-order valence-corrected chi connectivity index (χ4v) is 5.93. The third-order valence-corrected chi connectivity index (χ3v) is 8.78. The van der Waals surface area contributed by atoms with E-state index in [1.54, 1.807) is 6.92 Å². The molecule has 1 aromatic rings. The van der Waals surface area contributed by atoms with Crippen molar-refractivity contribution in [3.05, 3.63) is 40.2 Å². The normalized spacial score (nSPS) is 25.4. The molecule has 2 fully saturated rings. The van der Waals surface area contributed by atoms with Crippen LogP contribution < -0.4 is 4.72 Å². The zero-order valence-corrected chi connectivity index (χ0v) is 21.6. The number of amides is 1. The van der Waals surface area contributed by atoms with Crippen LogP contribution in [0.15, 0.2) is 28.2 Å². The molecule has 0 unspecified atom stereocenters. The molecule has 8 nitrogen and oxygen atoms in total. The van der Waals surface area contributed by atoms with Crippen LogP contribution in [-0.2, 0) is 21.4 Å². The second kappa shape index (κ2) is 9.39. The van der Waals surface area contributed by atoms with Crippen molar-refractivity contribution < 1.29 is 31.5 Å². The third kappa shape index (κ3) is 4.81. The lowest BCUT2D eigenvalue weighted by molar-refractivity contribution is -0.162. The number of rotatable bonds is 7. The Morgan fingerprint density at radius 2 is 2.00 bits per heavy atom. The van der Waals surface area contributed by atoms with Gasteiger partial charge in [-0.05, 0) is 44.2 Å². The smallest absolute Gasteiger partial charge is 0.283 e. The summed E-state index contributed by atoms with van der Waals surface area (Å²) in [5.74, 6) is -5.33. The Morgan fingerprint density at radius 3 is 2.53 bits per heavy atom. The van der Waals surface area contributed by atoms with Gasteiger partial charge in [0, 0.05) is 31.8 Å². The van der Waals surface area contributed by atoms with Gasteiger partial charge >= 0.3 is 0 Å². The number of benzene rings is 1. The Morgan fingerprint density at radius 1 is 1.33 bits per heavy atom. The summed E-state index contributed by atoms with van der Waals surface area (Å²) in [6.07, 6.45) is 0.724. The molecule has 4 rings (SSSR count). The summed E-state index contributed by atoms with van der Waals surface area (Å²) in [6, 6.07) is 0.859. The molecule has 198 valence electrons. The van der Waals surface area contributed by atoms with Crippen molar-refractivity contribution in [1.29, 1.82) is 0 Å². The fraction of sp³-hybridized carbons (Fsp3) is 0.565. The quantitative estimate of drug-likeness (QED) is 0.547. The molecule has 2 N–H and O–H groups in total. The van der Waals surface area contributed by atoms with Crippen LogP contribution >= 0.6 is 11.6 Å². The van der Waals surface area contributed by atoms with Crippen LogP contribution in [0.2, 0.25) is 0 Å². The minimum absolute atomic E-state index is 0.0145. The summed E-state index contributed by atoms with van der Waals surface area (Å²) >= 11 is 6.24. The number of carbonyl (C=O) groups is 1. The second-order valence-corrected chi connectivity index (χ2v) is 12.2. The zero-order valence-electron chi connectivity index (χ0n) is 20.1. The van der Waals surface area contributed by atoms with E-state index in [0.717, 1.165) is 9.21 Å². The molecule has 13 heteroatoms. The molecule has 1 aliphatic carbocycles. The van der Waals surface area contributed by atoms with Gasteiger partial charge in [-0.1, -0.05) is 23.7 Å². The fourth-order valence-electron chi connectivity index (χ4n) is 4.73. The molecule has 0 aromatic heterocycles. The van der Waals surface area contributed by atoms with E-state index in [2.05, 4.69) is 4.99 Å². The van der Waals surface area contributed by atoms with Gasteiger partial charge in [0.2, 0.25) is 0 Å². The van der Waals surface area contributed by atoms with Gasteiger partial charge in [-0.3, -0.25) is 9.79 Å². The number of likely N-dealkylation sites (tertiary alicyclic amines) is 1. The second-order valence-electron chi connectivity index (χ2n) is 9.79. The zero-order chi connectivity index (χ0) is 26.6. The Kier molecular flexibility index (Phi) is 7.06. The molecule has 1 aromatic carbocycles. The van der Waals surface area contributed by atoms with E-state index in [4.69, 9.17) is 11.6 Å². The van der Waals surface area contributed by atoms with E-state index in [9.17, 15) is 18.3 Å². The average Bonchev–Trinajstić information content (AvgIpc) is 3.22. The van der Waals surface area contributed by atoms with E-state index in [1.165, 1.54) is 32.3 Å². The monoisotopic (exact) mass is 548 g/mol. The Labute approximate surface area is 213 Å². The largest absolute Gasteiger partial charge is 0.380 e. The number of allylic oxidation sites excluding steroid dienone is 1. The standard InChI is InChI=1S/C23H28ClF3N4O4S/c1-13-10-16(24)19(28-13)15-7-4-6-14(18(15)25)11-17-20(29-36(34,35)30(2)3)23(26,27)12-31(17)21(32)22(33)8-5-9-22/h4,6-7,17,20,29,33H,5,8-12H2,1-3H3/t17-,20+/m0/s1. The predicted molar refractivity (Wildman–Crippen MR) is 129 cm³/mol. The molecule has 0 radical (unpaired) electrons. The third-order valence-electron chi connectivity index (χ3n) is 6.95. The van der Waals surface area contributed by atoms with Crippen LogP contribution in [0.5, 0.6) is 0 Å². The van der Waals surface area contributed by atoms with Crippen molar-refractivity contribution in [3.63, 3.8) is 0 Å². The SMILES string of the molecule is CC1=NC(c2cccc(C[C@H]3[C@@H](NS(=O)(=O)N(C)C)C(F)(F)CN3C(=O)C3(O)CCC3)c2F)=C(Cl)C1. The molecule has 0 bridgehead atoms. The first-order valence-electron chi connectivity index (χ1n) is 11.5. The Balaban J connectivity index is 1.75. The molecule has 3 aliphatic rings. The maximum Gasteiger partial charge on any atom is 0.283 e. The average molecular weight is 549 g/mol. The molecule has 1 amide bonds. The van der Waals surface area contributed by atoms with Gasteiger partial charge in [0.05, 0.1) is 23.3 Å². The van der Waals surface area contributed by atoms with Crippen molar-refractivity contribution in [2.75, 3.05) is 20.6 Å². The molecular weight excluding hydrogens is 521 g/mol. The van der Waals surface area contributed by atoms with Crippen molar-refractivity contribution >= 4 is 39.1 Å². The Bertz CT molecular complexity index is 1250. The minimum atomic E-state index is -4.33. The lowest BCUT2D eigenvalue weighted by atomic mass is 9.79. The van der Waals surface area contributed by atoms with E-state index < -0.39 is 58.5 Å². The number of hydrogen-bond acceptors (Lipinski definition) is 5. The first-order chi connectivity index (χ1) is 16.7. The summed E-state index contributed by atoms with van der Waals surface area (Å²) in [5, 5.41) is 10.9. The molecule has 1 saturated carbocycles. The van der Waals surface area contributed by atoms with E-state index in [-0.39, 0.29) is 29.7 Å². The summed E-state index contributed by atoms with van der Waals surface area (Å²) in [7, 11) is -1.98. The van der Waals surface area contributed by atoms with Gasteiger partial charge in [-0.25, -0.2) is 13.2 Å². The van der Waals surface area contributed by atoms with Gasteiger partial charge in [-0.15, -0.1) is 0 Å². The summed E-state index contributed by atoms with van der Waals surface area (Å²) in [4.78, 5) is 18.2. The highest BCUT2D eigenvalue weighted by Gasteiger charge is 2.60. The highest BCUT2D eigenvalue weighted by atomic mass is 35.5. The van der Waals surface area contributed by atoms with Crippen molar-refractivity contribution in [3.8, 4) is 0 Å². The lowest BCUT2D eigenvalue weighted by Gasteiger charge is -2.40. The van der Waals surface area contributed by atoms with Crippen LogP contribution in [0.25, 0.3) is 5.70 Å². The molecule has 2 atom stereocenters. The summed E-state index contributed by atoms with van der Waals surface area (Å²) in [5.41, 5.74) is -0.788. The number of nitrogens with one attached hydrogen (secondary N) is 1. The maximum atomic E-state index is 15.7. The summed E-state index contributed by atoms with van der Waals surface area (Å²) < 4.78 is 73.8. The van der Waals surface area contributed by atoms with Crippen LogP contribution in [0.4, 0.5) is 13.2 Å². The number of halogens is 4. The van der Waals surface area contributed by atoms with Crippen molar-refractivity contribution in [2.24, 2.45) is 4.99 Å². The van der Waals surface area contributed by atoms with E-state index in [1.807, 2.05) is 4.72 Å². The van der Waals surface area contributed by atoms with Crippen LogP contribution in [0, 0.1) is 5.82 Å². The lowest BCUT2D eigenvalue weighted by Crippen LogP contribution is -2.58. The van der Waals surface area contributed by atoms with Crippen LogP contribution in [-0.4, -0.2) is 78.6 Å². The van der Waals surface area contributed by atoms with E-state index >= 15 is 13.2 Å². The number of aliphatic imine (C=N–C) groups is 1. The van der Waals surface area contributed by atoms with Gasteiger partial charge < -0.3 is 10.0 Å². The molecule has 36 heavy (non-hydrogen) atoms. The number of nitrogens with zero attached hydrogens (tertiary/aromatic N) is 3. The summed E-state index contributed by atoms with van der Waals surface area (Å²) in [6.45, 7) is 0.634. The molecular formula is C23H28ClF3N4O4S. The Hall–Kier alpha value is -1.99.